The van der Waals surface area contributed by atoms with Crippen LogP contribution in [0, 0.1) is 0 Å². The molecule has 0 bridgehead atoms. The topological polar surface area (TPSA) is 26.3 Å². The zero-order chi connectivity index (χ0) is 24.3. The van der Waals surface area contributed by atoms with Gasteiger partial charge in [0, 0.05) is 34.5 Å². The number of rotatable bonds is 0. The van der Waals surface area contributed by atoms with Crippen molar-refractivity contribution in [1.82, 2.24) is 8.97 Å². The summed E-state index contributed by atoms with van der Waals surface area (Å²) in [5, 5.41) is 5.04. The molecule has 8 heterocycles. The SMILES string of the molecule is c1cc[n+]2c(c1)-n1c3ccccc3c3ccc4c(c31)C21c2c(ccc3c2c2c(ccc[n+]21)n1cccc31)O4. The van der Waals surface area contributed by atoms with E-state index in [9.17, 15) is 0 Å². The Morgan fingerprint density at radius 2 is 1.39 bits per heavy atom. The number of fused-ring (bicyclic) bond motifs is 8. The molecule has 0 amide bonds. The first-order valence-corrected chi connectivity index (χ1v) is 13.0. The summed E-state index contributed by atoms with van der Waals surface area (Å²) in [4.78, 5) is 0. The van der Waals surface area contributed by atoms with Gasteiger partial charge in [0.15, 0.2) is 17.3 Å². The van der Waals surface area contributed by atoms with Gasteiger partial charge in [-0.05, 0) is 60.7 Å². The fourth-order valence-electron chi connectivity index (χ4n) is 7.92. The second-order valence-corrected chi connectivity index (χ2v) is 10.6. The predicted octanol–water partition coefficient (Wildman–Crippen LogP) is 5.95. The Bertz CT molecular complexity index is 2450. The molecule has 0 saturated carbocycles. The van der Waals surface area contributed by atoms with Crippen molar-refractivity contribution in [1.29, 1.82) is 0 Å². The van der Waals surface area contributed by atoms with Gasteiger partial charge >= 0.3 is 5.66 Å². The van der Waals surface area contributed by atoms with Crippen molar-refractivity contribution < 1.29 is 13.9 Å². The summed E-state index contributed by atoms with van der Waals surface area (Å²) in [5.41, 5.74) is 7.92. The van der Waals surface area contributed by atoms with E-state index >= 15 is 0 Å². The molecule has 38 heavy (non-hydrogen) atoms. The van der Waals surface area contributed by atoms with E-state index < -0.39 is 5.66 Å². The number of pyridine rings is 3. The van der Waals surface area contributed by atoms with Gasteiger partial charge in [0.25, 0.3) is 5.82 Å². The predicted molar refractivity (Wildman–Crippen MR) is 145 cm³/mol. The van der Waals surface area contributed by atoms with Crippen molar-refractivity contribution in [3.8, 4) is 17.3 Å². The normalized spacial score (nSPS) is 17.8. The summed E-state index contributed by atoms with van der Waals surface area (Å²) in [6.45, 7) is 0. The van der Waals surface area contributed by atoms with E-state index in [1.807, 2.05) is 0 Å². The van der Waals surface area contributed by atoms with Gasteiger partial charge in [-0.2, -0.15) is 9.13 Å². The summed E-state index contributed by atoms with van der Waals surface area (Å²) >= 11 is 0. The van der Waals surface area contributed by atoms with E-state index in [4.69, 9.17) is 4.74 Å². The first-order valence-electron chi connectivity index (χ1n) is 13.0. The van der Waals surface area contributed by atoms with Crippen molar-refractivity contribution in [2.45, 2.75) is 5.66 Å². The molecule has 0 fully saturated rings. The lowest BCUT2D eigenvalue weighted by atomic mass is 9.84. The summed E-state index contributed by atoms with van der Waals surface area (Å²) in [5.74, 6) is 2.99. The lowest BCUT2D eigenvalue weighted by Gasteiger charge is -2.34. The monoisotopic (exact) mass is 486 g/mol. The highest BCUT2D eigenvalue weighted by atomic mass is 16.5. The largest absolute Gasteiger partial charge is 0.456 e. The zero-order valence-electron chi connectivity index (χ0n) is 20.1. The summed E-state index contributed by atoms with van der Waals surface area (Å²) in [6, 6.07) is 32.9. The number of nitrogens with zero attached hydrogens (tertiary/aromatic N) is 4. The van der Waals surface area contributed by atoms with E-state index in [1.54, 1.807) is 0 Å². The highest BCUT2D eigenvalue weighted by molar-refractivity contribution is 6.15. The minimum atomic E-state index is -0.607. The fourth-order valence-corrected chi connectivity index (χ4v) is 7.92. The third-order valence-corrected chi connectivity index (χ3v) is 9.14. The zero-order valence-corrected chi connectivity index (χ0v) is 20.1. The van der Waals surface area contributed by atoms with Gasteiger partial charge < -0.3 is 9.14 Å². The molecule has 3 aromatic carbocycles. The number of hydrogen-bond acceptors (Lipinski definition) is 1. The van der Waals surface area contributed by atoms with Gasteiger partial charge in [0.05, 0.1) is 17.1 Å². The van der Waals surface area contributed by atoms with Crippen LogP contribution in [0.15, 0.2) is 110 Å². The molecule has 1 spiro atoms. The second kappa shape index (κ2) is 5.55. The molecule has 0 aliphatic carbocycles. The van der Waals surface area contributed by atoms with Crippen molar-refractivity contribution in [3.63, 3.8) is 0 Å². The average Bonchev–Trinajstić information content (AvgIpc) is 3.67. The molecule has 1 unspecified atom stereocenters. The maximum Gasteiger partial charge on any atom is 0.374 e. The molecular weight excluding hydrogens is 468 g/mol. The van der Waals surface area contributed by atoms with Crippen molar-refractivity contribution >= 4 is 49.1 Å². The van der Waals surface area contributed by atoms with Gasteiger partial charge in [-0.25, -0.2) is 0 Å². The van der Waals surface area contributed by atoms with E-state index in [0.717, 1.165) is 17.3 Å². The molecule has 8 aromatic rings. The van der Waals surface area contributed by atoms with Crippen LogP contribution in [0.25, 0.3) is 54.9 Å². The van der Waals surface area contributed by atoms with Crippen LogP contribution in [-0.2, 0) is 5.66 Å². The Hall–Kier alpha value is -5.16. The highest BCUT2D eigenvalue weighted by Gasteiger charge is 2.66. The minimum Gasteiger partial charge on any atom is -0.456 e. The average molecular weight is 487 g/mol. The van der Waals surface area contributed by atoms with E-state index in [1.165, 1.54) is 60.3 Å². The van der Waals surface area contributed by atoms with Crippen LogP contribution >= 0.6 is 0 Å². The minimum absolute atomic E-state index is 0.607. The number of benzene rings is 3. The molecule has 0 saturated heterocycles. The molecule has 11 rings (SSSR count). The van der Waals surface area contributed by atoms with Crippen LogP contribution in [0.1, 0.15) is 11.1 Å². The molecule has 0 N–H and O–H groups in total. The first kappa shape index (κ1) is 18.1. The molecule has 3 aliphatic rings. The molecule has 5 aromatic heterocycles. The Kier molecular flexibility index (Phi) is 2.65. The quantitative estimate of drug-likeness (QED) is 0.192. The second-order valence-electron chi connectivity index (χ2n) is 10.6. The van der Waals surface area contributed by atoms with Crippen LogP contribution in [0.3, 0.4) is 0 Å². The summed E-state index contributed by atoms with van der Waals surface area (Å²) in [6.07, 6.45) is 6.68. The maximum absolute atomic E-state index is 6.81. The Balaban J connectivity index is 1.51. The van der Waals surface area contributed by atoms with Crippen LogP contribution in [0.4, 0.5) is 0 Å². The summed E-state index contributed by atoms with van der Waals surface area (Å²) in [7, 11) is 0. The van der Waals surface area contributed by atoms with Crippen LogP contribution < -0.4 is 13.9 Å². The highest BCUT2D eigenvalue weighted by Crippen LogP contribution is 2.56. The van der Waals surface area contributed by atoms with Crippen LogP contribution in [0.2, 0.25) is 0 Å². The summed E-state index contributed by atoms with van der Waals surface area (Å²) < 4.78 is 16.6. The standard InChI is InChI=1S/C33H18N4O/c1-2-8-23-19(7-1)20-12-14-26-30-31(20)37(23)27-11-3-4-17-35(27)33(30)29-25(38-26)15-13-21-22-9-5-16-34(22)24-10-6-18-36(33)32(24)28(21)29/h1-18H/q+2. The Morgan fingerprint density at radius 3 is 2.37 bits per heavy atom. The van der Waals surface area contributed by atoms with Gasteiger partial charge in [0.1, 0.15) is 28.1 Å². The smallest absolute Gasteiger partial charge is 0.374 e. The van der Waals surface area contributed by atoms with E-state index in [0.29, 0.717) is 0 Å². The molecule has 3 aliphatic heterocycles. The Morgan fingerprint density at radius 1 is 0.605 bits per heavy atom. The maximum atomic E-state index is 6.81. The lowest BCUT2D eigenvalue weighted by molar-refractivity contribution is -0.956. The van der Waals surface area contributed by atoms with Crippen molar-refractivity contribution in [3.05, 3.63) is 121 Å². The molecular formula is C33H18N4O+2. The van der Waals surface area contributed by atoms with Gasteiger partial charge in [-0.1, -0.05) is 18.2 Å². The lowest BCUT2D eigenvalue weighted by Crippen LogP contribution is -2.75. The third kappa shape index (κ3) is 1.60. The molecule has 1 atom stereocenters. The third-order valence-electron chi connectivity index (χ3n) is 9.14. The van der Waals surface area contributed by atoms with Gasteiger partial charge in [-0.3, -0.25) is 0 Å². The van der Waals surface area contributed by atoms with E-state index in [-0.39, 0.29) is 0 Å². The first-order chi connectivity index (χ1) is 18.9. The number of para-hydroxylation sites is 1. The van der Waals surface area contributed by atoms with Crippen LogP contribution in [0.5, 0.6) is 11.5 Å². The Labute approximate surface area is 215 Å². The number of ether oxygens (including phenoxy) is 1. The van der Waals surface area contributed by atoms with Crippen molar-refractivity contribution in [2.75, 3.05) is 0 Å². The number of hydrogen-bond donors (Lipinski definition) is 0. The van der Waals surface area contributed by atoms with E-state index in [2.05, 4.69) is 128 Å². The van der Waals surface area contributed by atoms with Crippen molar-refractivity contribution in [2.24, 2.45) is 0 Å². The van der Waals surface area contributed by atoms with Gasteiger partial charge in [0.2, 0.25) is 5.52 Å². The molecule has 5 heteroatoms. The molecule has 174 valence electrons. The van der Waals surface area contributed by atoms with Crippen LogP contribution in [-0.4, -0.2) is 8.97 Å². The number of aromatic nitrogens is 4. The molecule has 0 radical (unpaired) electrons. The fraction of sp³-hybridized carbons (Fsp3) is 0.0303. The van der Waals surface area contributed by atoms with Gasteiger partial charge in [-0.15, -0.1) is 4.57 Å². The molecule has 5 nitrogen and oxygen atoms in total.